The zero-order chi connectivity index (χ0) is 14.1. The molecule has 0 unspecified atom stereocenters. The van der Waals surface area contributed by atoms with Crippen molar-refractivity contribution in [1.29, 1.82) is 0 Å². The van der Waals surface area contributed by atoms with Gasteiger partial charge >= 0.3 is 0 Å². The van der Waals surface area contributed by atoms with Crippen molar-refractivity contribution in [2.75, 3.05) is 13.1 Å². The number of fused-ring (bicyclic) bond motifs is 1. The first-order valence-corrected chi connectivity index (χ1v) is 7.34. The quantitative estimate of drug-likeness (QED) is 0.900. The van der Waals surface area contributed by atoms with Gasteiger partial charge in [0.1, 0.15) is 0 Å². The molecule has 2 heterocycles. The Morgan fingerprint density at radius 2 is 2.30 bits per heavy atom. The number of hydrogen-bond acceptors (Lipinski definition) is 2. The standard InChI is InChI=1S/C15H17ClN2O2/c16-11-4-1-3-10(7-11)8-14(19)18-6-2-5-12-13(18)9-17-15(12)20/h1,3-4,7,12-13H,2,5-6,8-9H2,(H,17,20)/t12-,13-/m1/s1. The van der Waals surface area contributed by atoms with Gasteiger partial charge in [-0.2, -0.15) is 0 Å². The molecule has 5 heteroatoms. The maximum atomic E-state index is 12.5. The molecule has 2 fully saturated rings. The van der Waals surface area contributed by atoms with E-state index < -0.39 is 0 Å². The summed E-state index contributed by atoms with van der Waals surface area (Å²) in [5.41, 5.74) is 0.918. The Kier molecular flexibility index (Phi) is 3.66. The number of carbonyl (C=O) groups excluding carboxylic acids is 2. The van der Waals surface area contributed by atoms with Gasteiger partial charge in [0.2, 0.25) is 11.8 Å². The summed E-state index contributed by atoms with van der Waals surface area (Å²) >= 11 is 5.94. The molecule has 2 saturated heterocycles. The zero-order valence-electron chi connectivity index (χ0n) is 11.1. The van der Waals surface area contributed by atoms with Gasteiger partial charge in [0.05, 0.1) is 18.4 Å². The first-order chi connectivity index (χ1) is 9.65. The van der Waals surface area contributed by atoms with Crippen LogP contribution < -0.4 is 5.32 Å². The van der Waals surface area contributed by atoms with E-state index in [-0.39, 0.29) is 23.8 Å². The van der Waals surface area contributed by atoms with Crippen LogP contribution in [0.5, 0.6) is 0 Å². The predicted molar refractivity (Wildman–Crippen MR) is 76.4 cm³/mol. The number of nitrogens with one attached hydrogen (secondary N) is 1. The van der Waals surface area contributed by atoms with Crippen molar-refractivity contribution in [1.82, 2.24) is 10.2 Å². The van der Waals surface area contributed by atoms with Crippen molar-refractivity contribution >= 4 is 23.4 Å². The Balaban J connectivity index is 1.72. The molecule has 4 nitrogen and oxygen atoms in total. The minimum atomic E-state index is -0.0212. The van der Waals surface area contributed by atoms with E-state index in [1.54, 1.807) is 6.07 Å². The van der Waals surface area contributed by atoms with Gasteiger partial charge in [-0.05, 0) is 30.5 Å². The number of halogens is 1. The number of benzene rings is 1. The van der Waals surface area contributed by atoms with Gasteiger partial charge in [0.15, 0.2) is 0 Å². The third kappa shape index (κ3) is 2.52. The molecule has 1 N–H and O–H groups in total. The van der Waals surface area contributed by atoms with E-state index in [0.717, 1.165) is 24.9 Å². The summed E-state index contributed by atoms with van der Waals surface area (Å²) in [5.74, 6) is 0.154. The van der Waals surface area contributed by atoms with Gasteiger partial charge in [0, 0.05) is 18.1 Å². The van der Waals surface area contributed by atoms with Crippen LogP contribution in [0.25, 0.3) is 0 Å². The molecule has 0 aliphatic carbocycles. The second-order valence-corrected chi connectivity index (χ2v) is 5.89. The van der Waals surface area contributed by atoms with E-state index in [1.165, 1.54) is 0 Å². The third-order valence-electron chi connectivity index (χ3n) is 4.17. The highest BCUT2D eigenvalue weighted by Crippen LogP contribution is 2.28. The lowest BCUT2D eigenvalue weighted by atomic mass is 9.91. The van der Waals surface area contributed by atoms with Crippen molar-refractivity contribution in [2.45, 2.75) is 25.3 Å². The van der Waals surface area contributed by atoms with Crippen LogP contribution in [0, 0.1) is 5.92 Å². The van der Waals surface area contributed by atoms with Gasteiger partial charge in [-0.25, -0.2) is 0 Å². The van der Waals surface area contributed by atoms with Crippen LogP contribution in [0.3, 0.4) is 0 Å². The topological polar surface area (TPSA) is 49.4 Å². The molecular weight excluding hydrogens is 276 g/mol. The highest BCUT2D eigenvalue weighted by atomic mass is 35.5. The zero-order valence-corrected chi connectivity index (χ0v) is 11.9. The number of carbonyl (C=O) groups is 2. The first-order valence-electron chi connectivity index (χ1n) is 6.97. The lowest BCUT2D eigenvalue weighted by Gasteiger charge is -2.36. The number of hydrogen-bond donors (Lipinski definition) is 1. The van der Waals surface area contributed by atoms with Crippen LogP contribution in [0.4, 0.5) is 0 Å². The molecule has 20 heavy (non-hydrogen) atoms. The summed E-state index contributed by atoms with van der Waals surface area (Å²) in [7, 11) is 0. The van der Waals surface area contributed by atoms with Gasteiger partial charge < -0.3 is 10.2 Å². The second-order valence-electron chi connectivity index (χ2n) is 5.46. The average Bonchev–Trinajstić information content (AvgIpc) is 2.81. The summed E-state index contributed by atoms with van der Waals surface area (Å²) in [5, 5.41) is 3.51. The molecule has 1 aromatic carbocycles. The number of amides is 2. The Morgan fingerprint density at radius 3 is 3.10 bits per heavy atom. The van der Waals surface area contributed by atoms with Gasteiger partial charge in [-0.3, -0.25) is 9.59 Å². The maximum Gasteiger partial charge on any atom is 0.227 e. The Labute approximate surface area is 123 Å². The molecule has 1 aromatic rings. The molecule has 106 valence electrons. The van der Waals surface area contributed by atoms with Gasteiger partial charge in [0.25, 0.3) is 0 Å². The number of likely N-dealkylation sites (tertiary alicyclic amines) is 1. The van der Waals surface area contributed by atoms with Crippen molar-refractivity contribution in [3.8, 4) is 0 Å². The molecule has 2 amide bonds. The van der Waals surface area contributed by atoms with Crippen molar-refractivity contribution in [3.05, 3.63) is 34.9 Å². The lowest BCUT2D eigenvalue weighted by molar-refractivity contribution is -0.136. The van der Waals surface area contributed by atoms with Crippen LogP contribution >= 0.6 is 11.6 Å². The fraction of sp³-hybridized carbons (Fsp3) is 0.467. The van der Waals surface area contributed by atoms with E-state index in [0.29, 0.717) is 18.0 Å². The van der Waals surface area contributed by atoms with Crippen LogP contribution in [0.15, 0.2) is 24.3 Å². The lowest BCUT2D eigenvalue weighted by Crippen LogP contribution is -2.49. The largest absolute Gasteiger partial charge is 0.354 e. The van der Waals surface area contributed by atoms with Crippen LogP contribution in [-0.2, 0) is 16.0 Å². The molecular formula is C15H17ClN2O2. The van der Waals surface area contributed by atoms with Crippen LogP contribution in [-0.4, -0.2) is 35.8 Å². The predicted octanol–water partition coefficient (Wildman–Crippen LogP) is 1.62. The molecule has 2 aliphatic rings. The van der Waals surface area contributed by atoms with Crippen molar-refractivity contribution < 1.29 is 9.59 Å². The summed E-state index contributed by atoms with van der Waals surface area (Å²) in [6, 6.07) is 7.40. The van der Waals surface area contributed by atoms with Crippen LogP contribution in [0.2, 0.25) is 5.02 Å². The summed E-state index contributed by atoms with van der Waals surface area (Å²) in [4.78, 5) is 26.1. The van der Waals surface area contributed by atoms with Gasteiger partial charge in [-0.1, -0.05) is 23.7 Å². The van der Waals surface area contributed by atoms with Gasteiger partial charge in [-0.15, -0.1) is 0 Å². The molecule has 0 radical (unpaired) electrons. The molecule has 2 atom stereocenters. The van der Waals surface area contributed by atoms with E-state index in [2.05, 4.69) is 5.32 Å². The monoisotopic (exact) mass is 292 g/mol. The SMILES string of the molecule is O=C1NC[C@@H]2[C@H]1CCCN2C(=O)Cc1cccc(Cl)c1. The van der Waals surface area contributed by atoms with E-state index in [4.69, 9.17) is 11.6 Å². The fourth-order valence-corrected chi connectivity index (χ4v) is 3.40. The summed E-state index contributed by atoms with van der Waals surface area (Å²) in [6.45, 7) is 1.33. The number of nitrogens with zero attached hydrogens (tertiary/aromatic N) is 1. The molecule has 0 saturated carbocycles. The average molecular weight is 293 g/mol. The summed E-state index contributed by atoms with van der Waals surface area (Å²) in [6.07, 6.45) is 2.13. The fourth-order valence-electron chi connectivity index (χ4n) is 3.18. The summed E-state index contributed by atoms with van der Waals surface area (Å²) < 4.78 is 0. The Morgan fingerprint density at radius 1 is 1.45 bits per heavy atom. The smallest absolute Gasteiger partial charge is 0.227 e. The van der Waals surface area contributed by atoms with Crippen molar-refractivity contribution in [3.63, 3.8) is 0 Å². The highest BCUT2D eigenvalue weighted by Gasteiger charge is 2.42. The number of piperidine rings is 1. The minimum absolute atomic E-state index is 0.0212. The van der Waals surface area contributed by atoms with E-state index in [1.807, 2.05) is 23.1 Å². The molecule has 3 rings (SSSR count). The Bertz CT molecular complexity index is 546. The normalized spacial score (nSPS) is 25.2. The van der Waals surface area contributed by atoms with Crippen LogP contribution in [0.1, 0.15) is 18.4 Å². The first kappa shape index (κ1) is 13.4. The maximum absolute atomic E-state index is 12.5. The third-order valence-corrected chi connectivity index (χ3v) is 4.40. The molecule has 0 aromatic heterocycles. The number of rotatable bonds is 2. The minimum Gasteiger partial charge on any atom is -0.354 e. The van der Waals surface area contributed by atoms with Crippen molar-refractivity contribution in [2.24, 2.45) is 5.92 Å². The van der Waals surface area contributed by atoms with E-state index >= 15 is 0 Å². The Hall–Kier alpha value is -1.55. The molecule has 0 bridgehead atoms. The molecule has 0 spiro atoms. The second kappa shape index (κ2) is 5.44. The van der Waals surface area contributed by atoms with E-state index in [9.17, 15) is 9.59 Å². The molecule has 2 aliphatic heterocycles. The highest BCUT2D eigenvalue weighted by molar-refractivity contribution is 6.30.